The second-order valence-corrected chi connectivity index (χ2v) is 7.67. The highest BCUT2D eigenvalue weighted by Crippen LogP contribution is 2.59. The number of rotatable bonds is 2. The van der Waals surface area contributed by atoms with E-state index in [-0.39, 0.29) is 18.0 Å². The van der Waals surface area contributed by atoms with Gasteiger partial charge in [0, 0.05) is 35.1 Å². The zero-order valence-corrected chi connectivity index (χ0v) is 15.0. The Labute approximate surface area is 152 Å². The Morgan fingerprint density at radius 3 is 2.92 bits per heavy atom. The van der Waals surface area contributed by atoms with Gasteiger partial charge in [0.05, 0.1) is 13.2 Å². The largest absolute Gasteiger partial charge is 0.468 e. The average molecular weight is 350 g/mol. The normalized spacial score (nSPS) is 36.2. The van der Waals surface area contributed by atoms with Gasteiger partial charge in [0.2, 0.25) is 0 Å². The Morgan fingerprint density at radius 2 is 2.19 bits per heavy atom. The third-order valence-electron chi connectivity index (χ3n) is 6.88. The summed E-state index contributed by atoms with van der Waals surface area (Å²) in [7, 11) is 1.39. The van der Waals surface area contributed by atoms with E-state index in [2.05, 4.69) is 28.1 Å². The van der Waals surface area contributed by atoms with Crippen molar-refractivity contribution in [2.24, 2.45) is 11.3 Å². The first kappa shape index (κ1) is 15.8. The molecule has 4 aliphatic heterocycles. The Morgan fingerprint density at radius 1 is 1.38 bits per heavy atom. The molecule has 3 unspecified atom stereocenters. The van der Waals surface area contributed by atoms with Gasteiger partial charge in [0.15, 0.2) is 0 Å². The summed E-state index contributed by atoms with van der Waals surface area (Å²) < 4.78 is 5.15. The molecule has 1 N–H and O–H groups in total. The van der Waals surface area contributed by atoms with Gasteiger partial charge in [-0.15, -0.1) is 0 Å². The first-order valence-corrected chi connectivity index (χ1v) is 9.20. The number of benzene rings is 1. The molecule has 5 heteroatoms. The van der Waals surface area contributed by atoms with Gasteiger partial charge in [-0.25, -0.2) is 0 Å². The minimum absolute atomic E-state index is 0.0861. The summed E-state index contributed by atoms with van der Waals surface area (Å²) in [6.07, 6.45) is 4.40. The van der Waals surface area contributed by atoms with Crippen molar-refractivity contribution in [2.75, 3.05) is 13.7 Å². The number of aromatic nitrogens is 1. The molecule has 4 aliphatic rings. The molecule has 1 aromatic heterocycles. The molecular formula is C21H22N2O3. The van der Waals surface area contributed by atoms with Gasteiger partial charge in [-0.3, -0.25) is 9.69 Å². The lowest BCUT2D eigenvalue weighted by Crippen LogP contribution is -2.69. The highest BCUT2D eigenvalue weighted by Gasteiger charge is 2.65. The molecule has 0 spiro atoms. The number of para-hydroxylation sites is 1. The van der Waals surface area contributed by atoms with Gasteiger partial charge < -0.3 is 14.5 Å². The predicted molar refractivity (Wildman–Crippen MR) is 97.6 cm³/mol. The zero-order chi connectivity index (χ0) is 18.1. The molecule has 0 aliphatic carbocycles. The molecule has 2 aromatic rings. The Balaban J connectivity index is 1.74. The number of piperidine rings is 3. The van der Waals surface area contributed by atoms with Crippen LogP contribution in [0.4, 0.5) is 0 Å². The van der Waals surface area contributed by atoms with Crippen molar-refractivity contribution >= 4 is 23.2 Å². The average Bonchev–Trinajstić information content (AvgIpc) is 3.06. The van der Waals surface area contributed by atoms with Crippen LogP contribution in [-0.4, -0.2) is 41.8 Å². The highest BCUT2D eigenvalue weighted by atomic mass is 16.5. The molecule has 0 amide bonds. The molecule has 4 bridgehead atoms. The van der Waals surface area contributed by atoms with E-state index in [4.69, 9.17) is 4.74 Å². The van der Waals surface area contributed by atoms with E-state index < -0.39 is 11.4 Å². The summed E-state index contributed by atoms with van der Waals surface area (Å²) >= 11 is 0. The number of methoxy groups -OCH3 is 1. The molecule has 0 radical (unpaired) electrons. The van der Waals surface area contributed by atoms with E-state index in [1.807, 2.05) is 19.1 Å². The number of allylic oxidation sites excluding steroid dienone is 1. The van der Waals surface area contributed by atoms with Crippen LogP contribution in [-0.2, 0) is 20.7 Å². The second-order valence-electron chi connectivity index (χ2n) is 7.67. The number of aldehydes is 1. The van der Waals surface area contributed by atoms with Crippen molar-refractivity contribution in [3.05, 3.63) is 47.2 Å². The number of H-pyrrole nitrogens is 1. The first-order valence-electron chi connectivity index (χ1n) is 9.20. The molecular weight excluding hydrogens is 328 g/mol. The summed E-state index contributed by atoms with van der Waals surface area (Å²) in [4.78, 5) is 31.2. The molecule has 3 fully saturated rings. The number of hydrogen-bond donors (Lipinski definition) is 1. The molecule has 26 heavy (non-hydrogen) atoms. The second kappa shape index (κ2) is 5.30. The Kier molecular flexibility index (Phi) is 3.23. The molecule has 134 valence electrons. The van der Waals surface area contributed by atoms with Crippen LogP contribution in [0.25, 0.3) is 10.9 Å². The smallest absolute Gasteiger partial charge is 0.321 e. The fourth-order valence-electron chi connectivity index (χ4n) is 5.72. The maximum Gasteiger partial charge on any atom is 0.321 e. The highest BCUT2D eigenvalue weighted by molar-refractivity contribution is 5.96. The molecule has 0 saturated carbocycles. The number of aromatic amines is 1. The molecule has 6 rings (SSSR count). The lowest BCUT2D eigenvalue weighted by Gasteiger charge is -2.61. The van der Waals surface area contributed by atoms with Crippen LogP contribution < -0.4 is 0 Å². The number of fused-ring (bicyclic) bond motifs is 4. The molecule has 5 heterocycles. The van der Waals surface area contributed by atoms with Crippen LogP contribution >= 0.6 is 0 Å². The van der Waals surface area contributed by atoms with Crippen molar-refractivity contribution in [2.45, 2.75) is 31.8 Å². The van der Waals surface area contributed by atoms with Crippen LogP contribution in [0.5, 0.6) is 0 Å². The lowest BCUT2D eigenvalue weighted by atomic mass is 9.55. The monoisotopic (exact) mass is 350 g/mol. The van der Waals surface area contributed by atoms with Crippen LogP contribution in [0.2, 0.25) is 0 Å². The summed E-state index contributed by atoms with van der Waals surface area (Å²) in [5.74, 6) is -0.481. The molecule has 5 atom stereocenters. The number of esters is 1. The van der Waals surface area contributed by atoms with E-state index in [1.165, 1.54) is 29.3 Å². The third kappa shape index (κ3) is 1.69. The van der Waals surface area contributed by atoms with Crippen molar-refractivity contribution in [1.82, 2.24) is 9.88 Å². The van der Waals surface area contributed by atoms with Crippen molar-refractivity contribution in [1.29, 1.82) is 0 Å². The first-order chi connectivity index (χ1) is 12.7. The SMILES string of the molecule is C/C=C1/CN2[C@H]3Cc4c([nH]c5ccccc45)[C@@H]2CC1C3(C=O)C(=O)OC. The summed E-state index contributed by atoms with van der Waals surface area (Å²) in [5.41, 5.74) is 3.70. The van der Waals surface area contributed by atoms with Crippen molar-refractivity contribution < 1.29 is 14.3 Å². The van der Waals surface area contributed by atoms with Crippen molar-refractivity contribution in [3.63, 3.8) is 0 Å². The number of carbonyl (C=O) groups is 2. The van der Waals surface area contributed by atoms with E-state index in [1.54, 1.807) is 0 Å². The zero-order valence-electron chi connectivity index (χ0n) is 15.0. The number of nitrogens with zero attached hydrogens (tertiary/aromatic N) is 1. The quantitative estimate of drug-likeness (QED) is 0.392. The van der Waals surface area contributed by atoms with E-state index in [0.29, 0.717) is 6.42 Å². The van der Waals surface area contributed by atoms with Crippen LogP contribution in [0.15, 0.2) is 35.9 Å². The van der Waals surface area contributed by atoms with E-state index in [0.717, 1.165) is 24.8 Å². The maximum atomic E-state index is 12.9. The Bertz CT molecular complexity index is 959. The number of ether oxygens (including phenoxy) is 1. The number of hydrogen-bond acceptors (Lipinski definition) is 4. The van der Waals surface area contributed by atoms with Crippen molar-refractivity contribution in [3.8, 4) is 0 Å². The minimum Gasteiger partial charge on any atom is -0.468 e. The van der Waals surface area contributed by atoms with Gasteiger partial charge >= 0.3 is 5.97 Å². The minimum atomic E-state index is -1.11. The number of nitrogens with one attached hydrogen (secondary N) is 1. The Hall–Kier alpha value is -2.40. The van der Waals surface area contributed by atoms with E-state index >= 15 is 0 Å². The fraction of sp³-hybridized carbons (Fsp3) is 0.429. The van der Waals surface area contributed by atoms with E-state index in [9.17, 15) is 9.59 Å². The molecule has 5 nitrogen and oxygen atoms in total. The van der Waals surface area contributed by atoms with Gasteiger partial charge in [-0.1, -0.05) is 29.8 Å². The molecule has 1 aromatic carbocycles. The topological polar surface area (TPSA) is 62.4 Å². The third-order valence-corrected chi connectivity index (χ3v) is 6.88. The van der Waals surface area contributed by atoms with Crippen LogP contribution in [0.1, 0.15) is 30.6 Å². The summed E-state index contributed by atoms with van der Waals surface area (Å²) in [6, 6.07) is 8.37. The van der Waals surface area contributed by atoms with Gasteiger partial charge in [0.1, 0.15) is 11.7 Å². The van der Waals surface area contributed by atoms with Gasteiger partial charge in [-0.2, -0.15) is 0 Å². The van der Waals surface area contributed by atoms with Gasteiger partial charge in [-0.05, 0) is 31.4 Å². The van der Waals surface area contributed by atoms with Gasteiger partial charge in [0.25, 0.3) is 0 Å². The fourth-order valence-corrected chi connectivity index (χ4v) is 5.72. The summed E-state index contributed by atoms with van der Waals surface area (Å²) in [6.45, 7) is 2.81. The molecule has 3 saturated heterocycles. The number of carbonyl (C=O) groups excluding carboxylic acids is 2. The summed E-state index contributed by atoms with van der Waals surface area (Å²) in [5, 5.41) is 1.20. The predicted octanol–water partition coefficient (Wildman–Crippen LogP) is 2.77. The lowest BCUT2D eigenvalue weighted by molar-refractivity contribution is -0.176. The maximum absolute atomic E-state index is 12.9. The van der Waals surface area contributed by atoms with Crippen LogP contribution in [0.3, 0.4) is 0 Å². The standard InChI is InChI=1S/C21H22N2O3/c1-3-12-10-23-17-9-15(12)21(11-24,20(25)26-2)18(23)8-14-13-6-4-5-7-16(13)22-19(14)17/h3-7,11,15,17-18,22H,8-10H2,1-2H3/b12-3-/t15?,17-,18-,21?/m0/s1. The van der Waals surface area contributed by atoms with Crippen LogP contribution in [0, 0.1) is 11.3 Å².